The number of carbonyl (C=O) groups excluding carboxylic acids is 1. The van der Waals surface area contributed by atoms with Crippen LogP contribution in [0.4, 0.5) is 0 Å². The molecular formula is C12H22N2O2. The molecule has 1 unspecified atom stereocenters. The lowest BCUT2D eigenvalue weighted by molar-refractivity contribution is -0.134. The minimum Gasteiger partial charge on any atom is -0.377 e. The minimum absolute atomic E-state index is 0.0472. The minimum atomic E-state index is -0.552. The highest BCUT2D eigenvalue weighted by atomic mass is 16.5. The molecule has 4 heteroatoms. The van der Waals surface area contributed by atoms with E-state index < -0.39 is 5.92 Å². The Kier molecular flexibility index (Phi) is 6.75. The van der Waals surface area contributed by atoms with Gasteiger partial charge in [-0.2, -0.15) is 5.26 Å². The molecular weight excluding hydrogens is 204 g/mol. The van der Waals surface area contributed by atoms with Crippen molar-refractivity contribution in [2.45, 2.75) is 33.8 Å². The lowest BCUT2D eigenvalue weighted by Crippen LogP contribution is -2.37. The van der Waals surface area contributed by atoms with Crippen LogP contribution in [0.25, 0.3) is 0 Å². The number of likely N-dealkylation sites (N-methyl/N-ethyl adjacent to an activating group) is 1. The molecule has 0 heterocycles. The van der Waals surface area contributed by atoms with E-state index in [1.54, 1.807) is 11.9 Å². The molecule has 0 aliphatic rings. The van der Waals surface area contributed by atoms with Crippen LogP contribution in [-0.4, -0.2) is 37.1 Å². The molecule has 0 aliphatic carbocycles. The van der Waals surface area contributed by atoms with Crippen molar-refractivity contribution < 1.29 is 9.53 Å². The van der Waals surface area contributed by atoms with Gasteiger partial charge in [-0.3, -0.25) is 4.79 Å². The summed E-state index contributed by atoms with van der Waals surface area (Å²) in [6.45, 7) is 8.70. The smallest absolute Gasteiger partial charge is 0.240 e. The molecule has 16 heavy (non-hydrogen) atoms. The largest absolute Gasteiger partial charge is 0.377 e. The SMILES string of the molecule is CC(C)OCCN(C)C(=O)C(C#N)C(C)C. The third-order valence-electron chi connectivity index (χ3n) is 2.33. The average Bonchev–Trinajstić information content (AvgIpc) is 2.17. The number of nitrogens with zero attached hydrogens (tertiary/aromatic N) is 2. The monoisotopic (exact) mass is 226 g/mol. The molecule has 0 N–H and O–H groups in total. The van der Waals surface area contributed by atoms with Gasteiger partial charge in [0.2, 0.25) is 5.91 Å². The van der Waals surface area contributed by atoms with E-state index in [0.29, 0.717) is 13.2 Å². The average molecular weight is 226 g/mol. The lowest BCUT2D eigenvalue weighted by atomic mass is 9.96. The van der Waals surface area contributed by atoms with Crippen LogP contribution in [0.2, 0.25) is 0 Å². The molecule has 0 aromatic heterocycles. The Balaban J connectivity index is 4.13. The predicted octanol–water partition coefficient (Wildman–Crippen LogP) is 1.67. The van der Waals surface area contributed by atoms with Crippen LogP contribution in [0.5, 0.6) is 0 Å². The van der Waals surface area contributed by atoms with Crippen molar-refractivity contribution in [3.8, 4) is 6.07 Å². The Hall–Kier alpha value is -1.08. The number of amides is 1. The molecule has 0 fully saturated rings. The number of carbonyl (C=O) groups is 1. The first-order chi connectivity index (χ1) is 7.40. The van der Waals surface area contributed by atoms with Gasteiger partial charge in [0.1, 0.15) is 5.92 Å². The molecule has 4 nitrogen and oxygen atoms in total. The van der Waals surface area contributed by atoms with E-state index in [1.807, 2.05) is 33.8 Å². The van der Waals surface area contributed by atoms with E-state index in [9.17, 15) is 4.79 Å². The van der Waals surface area contributed by atoms with Gasteiger partial charge in [0.25, 0.3) is 0 Å². The number of hydrogen-bond donors (Lipinski definition) is 0. The predicted molar refractivity (Wildman–Crippen MR) is 62.7 cm³/mol. The Morgan fingerprint density at radius 3 is 2.31 bits per heavy atom. The molecule has 0 aliphatic heterocycles. The van der Waals surface area contributed by atoms with Crippen LogP contribution in [0.1, 0.15) is 27.7 Å². The standard InChI is InChI=1S/C12H22N2O2/c1-9(2)11(8-13)12(15)14(5)6-7-16-10(3)4/h9-11H,6-7H2,1-5H3. The van der Waals surface area contributed by atoms with Gasteiger partial charge in [-0.1, -0.05) is 13.8 Å². The third-order valence-corrected chi connectivity index (χ3v) is 2.33. The van der Waals surface area contributed by atoms with E-state index in [0.717, 1.165) is 0 Å². The van der Waals surface area contributed by atoms with Crippen molar-refractivity contribution >= 4 is 5.91 Å². The first-order valence-corrected chi connectivity index (χ1v) is 5.66. The summed E-state index contributed by atoms with van der Waals surface area (Å²) in [5.41, 5.74) is 0. The van der Waals surface area contributed by atoms with Crippen LogP contribution in [0.15, 0.2) is 0 Å². The summed E-state index contributed by atoms with van der Waals surface area (Å²) in [6.07, 6.45) is 0.167. The van der Waals surface area contributed by atoms with Gasteiger partial charge in [0, 0.05) is 13.6 Å². The molecule has 0 bridgehead atoms. The number of ether oxygens (including phenoxy) is 1. The summed E-state index contributed by atoms with van der Waals surface area (Å²) in [5, 5.41) is 8.90. The van der Waals surface area contributed by atoms with Gasteiger partial charge >= 0.3 is 0 Å². The van der Waals surface area contributed by atoms with Gasteiger partial charge in [-0.05, 0) is 19.8 Å². The Bertz CT molecular complexity index is 256. The van der Waals surface area contributed by atoms with Crippen molar-refractivity contribution in [2.75, 3.05) is 20.2 Å². The second kappa shape index (κ2) is 7.24. The number of hydrogen-bond acceptors (Lipinski definition) is 3. The first-order valence-electron chi connectivity index (χ1n) is 5.66. The highest BCUT2D eigenvalue weighted by Crippen LogP contribution is 2.12. The third kappa shape index (κ3) is 5.13. The van der Waals surface area contributed by atoms with Crippen molar-refractivity contribution in [3.63, 3.8) is 0 Å². The van der Waals surface area contributed by atoms with Crippen LogP contribution in [-0.2, 0) is 9.53 Å². The number of rotatable bonds is 6. The van der Waals surface area contributed by atoms with Crippen molar-refractivity contribution in [1.82, 2.24) is 4.90 Å². The van der Waals surface area contributed by atoms with Gasteiger partial charge in [0.05, 0.1) is 18.8 Å². The van der Waals surface area contributed by atoms with E-state index in [2.05, 4.69) is 0 Å². The maximum atomic E-state index is 11.8. The Labute approximate surface area is 98.2 Å². The first kappa shape index (κ1) is 14.9. The summed E-state index contributed by atoms with van der Waals surface area (Å²) in [5.74, 6) is -0.625. The maximum absolute atomic E-state index is 11.8. The zero-order valence-electron chi connectivity index (χ0n) is 10.9. The molecule has 0 radical (unpaired) electrons. The van der Waals surface area contributed by atoms with Gasteiger partial charge in [-0.15, -0.1) is 0 Å². The van der Waals surface area contributed by atoms with Gasteiger partial charge in [-0.25, -0.2) is 0 Å². The van der Waals surface area contributed by atoms with E-state index in [-0.39, 0.29) is 17.9 Å². The van der Waals surface area contributed by atoms with Gasteiger partial charge < -0.3 is 9.64 Å². The summed E-state index contributed by atoms with van der Waals surface area (Å²) >= 11 is 0. The highest BCUT2D eigenvalue weighted by Gasteiger charge is 2.24. The van der Waals surface area contributed by atoms with E-state index >= 15 is 0 Å². The van der Waals surface area contributed by atoms with Crippen LogP contribution >= 0.6 is 0 Å². The molecule has 1 atom stereocenters. The molecule has 0 aromatic rings. The quantitative estimate of drug-likeness (QED) is 0.692. The molecule has 0 saturated heterocycles. The summed E-state index contributed by atoms with van der Waals surface area (Å²) < 4.78 is 5.36. The van der Waals surface area contributed by atoms with E-state index in [1.165, 1.54) is 0 Å². The fraction of sp³-hybridized carbons (Fsp3) is 0.833. The second-order valence-electron chi connectivity index (χ2n) is 4.53. The van der Waals surface area contributed by atoms with E-state index in [4.69, 9.17) is 10.00 Å². The molecule has 0 rings (SSSR count). The molecule has 92 valence electrons. The fourth-order valence-electron chi connectivity index (χ4n) is 1.26. The Morgan fingerprint density at radius 2 is 1.94 bits per heavy atom. The van der Waals surface area contributed by atoms with Crippen molar-refractivity contribution in [2.24, 2.45) is 11.8 Å². The van der Waals surface area contributed by atoms with Crippen LogP contribution < -0.4 is 0 Å². The normalized spacial score (nSPS) is 12.6. The molecule has 0 saturated carbocycles. The van der Waals surface area contributed by atoms with Crippen molar-refractivity contribution in [1.29, 1.82) is 5.26 Å². The summed E-state index contributed by atoms with van der Waals surface area (Å²) in [4.78, 5) is 13.4. The molecule has 1 amide bonds. The summed E-state index contributed by atoms with van der Waals surface area (Å²) in [6, 6.07) is 2.05. The van der Waals surface area contributed by atoms with Crippen molar-refractivity contribution in [3.05, 3.63) is 0 Å². The zero-order valence-corrected chi connectivity index (χ0v) is 10.9. The van der Waals surface area contributed by atoms with Gasteiger partial charge in [0.15, 0.2) is 0 Å². The molecule has 0 aromatic carbocycles. The highest BCUT2D eigenvalue weighted by molar-refractivity contribution is 5.81. The van der Waals surface area contributed by atoms with Crippen LogP contribution in [0, 0.1) is 23.2 Å². The topological polar surface area (TPSA) is 53.3 Å². The second-order valence-corrected chi connectivity index (χ2v) is 4.53. The number of nitriles is 1. The summed E-state index contributed by atoms with van der Waals surface area (Å²) in [7, 11) is 1.71. The fourth-order valence-corrected chi connectivity index (χ4v) is 1.26. The Morgan fingerprint density at radius 1 is 1.38 bits per heavy atom. The lowest BCUT2D eigenvalue weighted by Gasteiger charge is -2.22. The van der Waals surface area contributed by atoms with Crippen LogP contribution in [0.3, 0.4) is 0 Å². The zero-order chi connectivity index (χ0) is 12.7. The maximum Gasteiger partial charge on any atom is 0.240 e. The molecule has 0 spiro atoms.